The van der Waals surface area contributed by atoms with E-state index in [1.807, 2.05) is 34.7 Å². The highest BCUT2D eigenvalue weighted by molar-refractivity contribution is 7.15. The molecule has 0 unspecified atom stereocenters. The van der Waals surface area contributed by atoms with Crippen LogP contribution >= 0.6 is 11.3 Å². The number of aromatic nitrogens is 3. The van der Waals surface area contributed by atoms with E-state index >= 15 is 0 Å². The van der Waals surface area contributed by atoms with Crippen molar-refractivity contribution in [1.82, 2.24) is 14.4 Å². The predicted octanol–water partition coefficient (Wildman–Crippen LogP) is 3.71. The topological polar surface area (TPSA) is 56.2 Å². The Morgan fingerprint density at radius 1 is 1.00 bits per heavy atom. The maximum atomic E-state index is 6.33. The summed E-state index contributed by atoms with van der Waals surface area (Å²) in [6.07, 6.45) is 3.53. The molecule has 102 valence electrons. The number of nitrogens with zero attached hydrogens (tertiary/aromatic N) is 3. The molecule has 3 aromatic heterocycles. The first-order valence-electron chi connectivity index (χ1n) is 6.56. The van der Waals surface area contributed by atoms with Gasteiger partial charge >= 0.3 is 0 Å². The van der Waals surface area contributed by atoms with Gasteiger partial charge in [-0.1, -0.05) is 30.3 Å². The number of benzene rings is 1. The number of imidazole rings is 1. The fourth-order valence-electron chi connectivity index (χ4n) is 2.41. The molecule has 0 fully saturated rings. The molecule has 0 aliphatic heterocycles. The van der Waals surface area contributed by atoms with Crippen LogP contribution in [0.1, 0.15) is 0 Å². The van der Waals surface area contributed by atoms with Crippen molar-refractivity contribution in [2.24, 2.45) is 0 Å². The summed E-state index contributed by atoms with van der Waals surface area (Å²) in [4.78, 5) is 9.67. The predicted molar refractivity (Wildman–Crippen MR) is 86.1 cm³/mol. The maximum Gasteiger partial charge on any atom is 0.196 e. The molecule has 3 heterocycles. The van der Waals surface area contributed by atoms with Crippen LogP contribution < -0.4 is 5.73 Å². The third-order valence-corrected chi connectivity index (χ3v) is 4.23. The molecule has 0 radical (unpaired) electrons. The molecule has 0 amide bonds. The van der Waals surface area contributed by atoms with Crippen LogP contribution in [-0.2, 0) is 0 Å². The third kappa shape index (κ3) is 1.90. The van der Waals surface area contributed by atoms with Gasteiger partial charge in [0.15, 0.2) is 4.96 Å². The van der Waals surface area contributed by atoms with Crippen molar-refractivity contribution in [2.75, 3.05) is 5.73 Å². The maximum absolute atomic E-state index is 6.33. The number of nitrogens with two attached hydrogens (primary N) is 1. The SMILES string of the molecule is Nc1c(-c2cccnc2)nc2scc(-c3ccccc3)n12. The van der Waals surface area contributed by atoms with Gasteiger partial charge in [0.1, 0.15) is 11.5 Å². The largest absolute Gasteiger partial charge is 0.383 e. The summed E-state index contributed by atoms with van der Waals surface area (Å²) < 4.78 is 2.00. The van der Waals surface area contributed by atoms with Crippen LogP contribution in [0.25, 0.3) is 27.5 Å². The van der Waals surface area contributed by atoms with E-state index in [4.69, 9.17) is 5.73 Å². The molecular weight excluding hydrogens is 280 g/mol. The zero-order valence-electron chi connectivity index (χ0n) is 11.1. The Morgan fingerprint density at radius 2 is 1.81 bits per heavy atom. The molecule has 0 saturated carbocycles. The van der Waals surface area contributed by atoms with E-state index in [0.717, 1.165) is 27.5 Å². The lowest BCUT2D eigenvalue weighted by Crippen LogP contribution is -1.95. The first kappa shape index (κ1) is 12.1. The van der Waals surface area contributed by atoms with Gasteiger partial charge in [0.25, 0.3) is 0 Å². The van der Waals surface area contributed by atoms with Crippen LogP contribution in [-0.4, -0.2) is 14.4 Å². The molecule has 0 aliphatic carbocycles. The van der Waals surface area contributed by atoms with Gasteiger partial charge in [0.05, 0.1) is 5.69 Å². The van der Waals surface area contributed by atoms with E-state index in [9.17, 15) is 0 Å². The lowest BCUT2D eigenvalue weighted by molar-refractivity contribution is 1.24. The van der Waals surface area contributed by atoms with Gasteiger partial charge in [-0.25, -0.2) is 4.98 Å². The minimum atomic E-state index is 0.651. The monoisotopic (exact) mass is 292 g/mol. The van der Waals surface area contributed by atoms with Crippen molar-refractivity contribution in [3.8, 4) is 22.5 Å². The fraction of sp³-hybridized carbons (Fsp3) is 0. The Morgan fingerprint density at radius 3 is 2.57 bits per heavy atom. The minimum Gasteiger partial charge on any atom is -0.383 e. The van der Waals surface area contributed by atoms with Crippen LogP contribution in [0.4, 0.5) is 5.82 Å². The Bertz CT molecular complexity index is 894. The van der Waals surface area contributed by atoms with Crippen LogP contribution in [0, 0.1) is 0 Å². The van der Waals surface area contributed by atoms with E-state index in [2.05, 4.69) is 27.5 Å². The molecule has 0 atom stereocenters. The van der Waals surface area contributed by atoms with E-state index in [1.165, 1.54) is 0 Å². The van der Waals surface area contributed by atoms with Crippen LogP contribution in [0.5, 0.6) is 0 Å². The Balaban J connectivity index is 1.95. The van der Waals surface area contributed by atoms with E-state index in [-0.39, 0.29) is 0 Å². The number of rotatable bonds is 2. The van der Waals surface area contributed by atoms with Gasteiger partial charge in [0.2, 0.25) is 0 Å². The van der Waals surface area contributed by atoms with Crippen molar-refractivity contribution in [3.05, 3.63) is 60.2 Å². The average Bonchev–Trinajstić information content (AvgIpc) is 3.10. The number of hydrogen-bond donors (Lipinski definition) is 1. The zero-order valence-corrected chi connectivity index (χ0v) is 11.9. The fourth-order valence-corrected chi connectivity index (χ4v) is 3.31. The number of thiazole rings is 1. The standard InChI is InChI=1S/C16H12N4S/c17-15-14(12-7-4-8-18-9-12)19-16-20(15)13(10-21-16)11-5-2-1-3-6-11/h1-10H,17H2. The second-order valence-corrected chi connectivity index (χ2v) is 5.53. The van der Waals surface area contributed by atoms with Gasteiger partial charge < -0.3 is 5.73 Å². The summed E-state index contributed by atoms with van der Waals surface area (Å²) in [5, 5.41) is 2.08. The van der Waals surface area contributed by atoms with Crippen molar-refractivity contribution < 1.29 is 0 Å². The van der Waals surface area contributed by atoms with Crippen molar-refractivity contribution in [1.29, 1.82) is 0 Å². The van der Waals surface area contributed by atoms with Crippen molar-refractivity contribution in [2.45, 2.75) is 0 Å². The molecule has 0 aliphatic rings. The van der Waals surface area contributed by atoms with Crippen LogP contribution in [0.2, 0.25) is 0 Å². The summed E-state index contributed by atoms with van der Waals surface area (Å²) >= 11 is 1.59. The molecule has 4 nitrogen and oxygen atoms in total. The minimum absolute atomic E-state index is 0.651. The molecule has 0 spiro atoms. The van der Waals surface area contributed by atoms with Crippen LogP contribution in [0.3, 0.4) is 0 Å². The average molecular weight is 292 g/mol. The summed E-state index contributed by atoms with van der Waals surface area (Å²) in [6.45, 7) is 0. The molecule has 0 bridgehead atoms. The van der Waals surface area contributed by atoms with Gasteiger partial charge in [-0.15, -0.1) is 11.3 Å². The van der Waals surface area contributed by atoms with E-state index < -0.39 is 0 Å². The Labute approximate surface area is 125 Å². The molecule has 1 aromatic carbocycles. The summed E-state index contributed by atoms with van der Waals surface area (Å²) in [6, 6.07) is 14.1. The van der Waals surface area contributed by atoms with Gasteiger partial charge in [-0.3, -0.25) is 9.38 Å². The molecule has 5 heteroatoms. The summed E-state index contributed by atoms with van der Waals surface area (Å²) in [5.41, 5.74) is 10.2. The first-order chi connectivity index (χ1) is 10.3. The summed E-state index contributed by atoms with van der Waals surface area (Å²) in [5.74, 6) is 0.651. The van der Waals surface area contributed by atoms with Crippen molar-refractivity contribution in [3.63, 3.8) is 0 Å². The highest BCUT2D eigenvalue weighted by Crippen LogP contribution is 2.33. The quantitative estimate of drug-likeness (QED) is 0.613. The van der Waals surface area contributed by atoms with Gasteiger partial charge in [-0.05, 0) is 17.7 Å². The molecule has 21 heavy (non-hydrogen) atoms. The highest BCUT2D eigenvalue weighted by Gasteiger charge is 2.16. The van der Waals surface area contributed by atoms with Crippen molar-refractivity contribution >= 4 is 22.1 Å². The van der Waals surface area contributed by atoms with Gasteiger partial charge in [-0.2, -0.15) is 0 Å². The number of anilines is 1. The normalized spacial score (nSPS) is 11.0. The highest BCUT2D eigenvalue weighted by atomic mass is 32.1. The van der Waals surface area contributed by atoms with E-state index in [1.54, 1.807) is 23.7 Å². The van der Waals surface area contributed by atoms with E-state index in [0.29, 0.717) is 5.82 Å². The lowest BCUT2D eigenvalue weighted by Gasteiger charge is -2.02. The second-order valence-electron chi connectivity index (χ2n) is 4.69. The number of nitrogen functional groups attached to an aromatic ring is 1. The first-order valence-corrected chi connectivity index (χ1v) is 7.44. The molecule has 4 rings (SSSR count). The lowest BCUT2D eigenvalue weighted by atomic mass is 10.2. The molecule has 0 saturated heterocycles. The second kappa shape index (κ2) is 4.71. The number of fused-ring (bicyclic) bond motifs is 1. The number of hydrogen-bond acceptors (Lipinski definition) is 4. The number of pyridine rings is 1. The Kier molecular flexibility index (Phi) is 2.72. The van der Waals surface area contributed by atoms with Gasteiger partial charge in [0, 0.05) is 23.3 Å². The van der Waals surface area contributed by atoms with Crippen LogP contribution in [0.15, 0.2) is 60.2 Å². The third-order valence-electron chi connectivity index (χ3n) is 3.40. The summed E-state index contributed by atoms with van der Waals surface area (Å²) in [7, 11) is 0. The Hall–Kier alpha value is -2.66. The molecular formula is C16H12N4S. The molecule has 2 N–H and O–H groups in total. The smallest absolute Gasteiger partial charge is 0.196 e. The molecule has 4 aromatic rings. The zero-order chi connectivity index (χ0) is 14.2.